The van der Waals surface area contributed by atoms with Crippen molar-refractivity contribution in [3.8, 4) is 0 Å². The Labute approximate surface area is 106 Å². The van der Waals surface area contributed by atoms with Gasteiger partial charge in [0.1, 0.15) is 17.1 Å². The molecule has 0 bridgehead atoms. The molecule has 1 aromatic heterocycles. The molecule has 98 valence electrons. The van der Waals surface area contributed by atoms with E-state index in [1.807, 2.05) is 18.4 Å². The Hall–Kier alpha value is -1.43. The molecule has 1 saturated carbocycles. The van der Waals surface area contributed by atoms with Crippen LogP contribution >= 0.6 is 0 Å². The van der Waals surface area contributed by atoms with Gasteiger partial charge in [-0.05, 0) is 39.0 Å². The maximum absolute atomic E-state index is 12.2. The molecular formula is C12H18N4O2. The number of aromatic nitrogens is 3. The van der Waals surface area contributed by atoms with Crippen molar-refractivity contribution in [2.24, 2.45) is 5.92 Å². The number of hydroxylamine groups is 1. The first kappa shape index (κ1) is 11.6. The summed E-state index contributed by atoms with van der Waals surface area (Å²) < 4.78 is 2.00. The van der Waals surface area contributed by atoms with Crippen molar-refractivity contribution in [1.82, 2.24) is 20.2 Å². The molecule has 1 aliphatic heterocycles. The van der Waals surface area contributed by atoms with Gasteiger partial charge in [-0.3, -0.25) is 9.63 Å². The number of rotatable bonds is 4. The van der Waals surface area contributed by atoms with Gasteiger partial charge in [0.2, 0.25) is 0 Å². The molecule has 1 atom stereocenters. The molecule has 0 saturated heterocycles. The smallest absolute Gasteiger partial charge is 0.257 e. The van der Waals surface area contributed by atoms with E-state index in [4.69, 9.17) is 4.84 Å². The van der Waals surface area contributed by atoms with E-state index in [9.17, 15) is 4.79 Å². The largest absolute Gasteiger partial charge is 0.314 e. The Balaban J connectivity index is 1.68. The highest BCUT2D eigenvalue weighted by Gasteiger charge is 2.44. The number of fused-ring (bicyclic) bond motifs is 1. The molecule has 1 N–H and O–H groups in total. The molecule has 0 spiro atoms. The molecule has 1 fully saturated rings. The lowest BCUT2D eigenvalue weighted by Gasteiger charge is -2.20. The number of hydrogen-bond donors (Lipinski definition) is 1. The van der Waals surface area contributed by atoms with E-state index < -0.39 is 5.41 Å². The van der Waals surface area contributed by atoms with Crippen molar-refractivity contribution >= 4 is 5.91 Å². The predicted molar refractivity (Wildman–Crippen MR) is 63.5 cm³/mol. The normalized spacial score (nSPS) is 26.1. The molecule has 1 amide bonds. The Morgan fingerprint density at radius 1 is 1.56 bits per heavy atom. The number of hydrogen-bond acceptors (Lipinski definition) is 4. The summed E-state index contributed by atoms with van der Waals surface area (Å²) in [6.45, 7) is 5.22. The zero-order chi connectivity index (χ0) is 12.8. The van der Waals surface area contributed by atoms with Crippen LogP contribution in [-0.2, 0) is 21.6 Å². The van der Waals surface area contributed by atoms with E-state index in [0.717, 1.165) is 24.6 Å². The third-order valence-electron chi connectivity index (χ3n) is 3.95. The average molecular weight is 250 g/mol. The molecule has 18 heavy (non-hydrogen) atoms. The molecule has 1 aliphatic carbocycles. The Morgan fingerprint density at radius 2 is 2.33 bits per heavy atom. The second-order valence-electron chi connectivity index (χ2n) is 5.49. The van der Waals surface area contributed by atoms with Gasteiger partial charge in [-0.15, -0.1) is 10.2 Å². The van der Waals surface area contributed by atoms with Crippen LogP contribution in [0.3, 0.4) is 0 Å². The predicted octanol–water partition coefficient (Wildman–Crippen LogP) is 0.706. The van der Waals surface area contributed by atoms with Crippen LogP contribution in [0.5, 0.6) is 0 Å². The fraction of sp³-hybridized carbons (Fsp3) is 0.750. The van der Waals surface area contributed by atoms with E-state index in [-0.39, 0.29) is 5.91 Å². The third kappa shape index (κ3) is 1.80. The van der Waals surface area contributed by atoms with Gasteiger partial charge in [-0.2, -0.15) is 0 Å². The highest BCUT2D eigenvalue weighted by Crippen LogP contribution is 2.34. The van der Waals surface area contributed by atoms with Crippen LogP contribution in [0.15, 0.2) is 0 Å². The minimum absolute atomic E-state index is 0.116. The summed E-state index contributed by atoms with van der Waals surface area (Å²) in [6.07, 6.45) is 3.17. The maximum atomic E-state index is 12.2. The highest BCUT2D eigenvalue weighted by molar-refractivity contribution is 5.86. The summed E-state index contributed by atoms with van der Waals surface area (Å²) in [5, 5.41) is 8.15. The van der Waals surface area contributed by atoms with E-state index in [0.29, 0.717) is 12.5 Å². The third-order valence-corrected chi connectivity index (χ3v) is 3.95. The van der Waals surface area contributed by atoms with Crippen molar-refractivity contribution in [1.29, 1.82) is 0 Å². The summed E-state index contributed by atoms with van der Waals surface area (Å²) in [7, 11) is 0. The van der Waals surface area contributed by atoms with Crippen molar-refractivity contribution in [3.05, 3.63) is 11.6 Å². The average Bonchev–Trinajstić information content (AvgIpc) is 2.99. The second-order valence-corrected chi connectivity index (χ2v) is 5.49. The molecule has 6 nitrogen and oxygen atoms in total. The quantitative estimate of drug-likeness (QED) is 0.799. The highest BCUT2D eigenvalue weighted by atomic mass is 16.7. The lowest BCUT2D eigenvalue weighted by Crippen LogP contribution is -2.41. The van der Waals surface area contributed by atoms with Crippen LogP contribution in [0.25, 0.3) is 0 Å². The fourth-order valence-electron chi connectivity index (χ4n) is 2.34. The molecule has 1 unspecified atom stereocenters. The van der Waals surface area contributed by atoms with Gasteiger partial charge in [0, 0.05) is 6.54 Å². The molecule has 2 heterocycles. The maximum Gasteiger partial charge on any atom is 0.257 e. The van der Waals surface area contributed by atoms with Crippen LogP contribution in [0.2, 0.25) is 0 Å². The number of carbonyl (C=O) groups is 1. The van der Waals surface area contributed by atoms with Crippen molar-refractivity contribution < 1.29 is 9.63 Å². The van der Waals surface area contributed by atoms with Crippen LogP contribution in [0.4, 0.5) is 0 Å². The number of nitrogens with zero attached hydrogens (tertiary/aromatic N) is 3. The van der Waals surface area contributed by atoms with Crippen LogP contribution in [0.1, 0.15) is 37.8 Å². The van der Waals surface area contributed by atoms with Gasteiger partial charge >= 0.3 is 0 Å². The van der Waals surface area contributed by atoms with Crippen molar-refractivity contribution in [2.75, 3.05) is 6.61 Å². The number of carbonyl (C=O) groups excluding carboxylic acids is 1. The Kier molecular flexibility index (Phi) is 2.62. The van der Waals surface area contributed by atoms with Gasteiger partial charge in [-0.25, -0.2) is 5.48 Å². The van der Waals surface area contributed by atoms with Gasteiger partial charge in [-0.1, -0.05) is 0 Å². The van der Waals surface area contributed by atoms with E-state index in [1.165, 1.54) is 12.8 Å². The van der Waals surface area contributed by atoms with Crippen LogP contribution in [-0.4, -0.2) is 27.3 Å². The Bertz CT molecular complexity index is 480. The van der Waals surface area contributed by atoms with Crippen LogP contribution in [0, 0.1) is 12.8 Å². The molecule has 1 aromatic rings. The van der Waals surface area contributed by atoms with Crippen molar-refractivity contribution in [3.63, 3.8) is 0 Å². The fourth-order valence-corrected chi connectivity index (χ4v) is 2.34. The molecule has 2 aliphatic rings. The van der Waals surface area contributed by atoms with E-state index in [1.54, 1.807) is 0 Å². The SMILES string of the molecule is Cc1nnc2n1CCC2(C)C(=O)NOCC1CC1. The topological polar surface area (TPSA) is 69.0 Å². The molecule has 6 heteroatoms. The second kappa shape index (κ2) is 4.05. The summed E-state index contributed by atoms with van der Waals surface area (Å²) in [4.78, 5) is 17.5. The summed E-state index contributed by atoms with van der Waals surface area (Å²) in [6, 6.07) is 0. The molecular weight excluding hydrogens is 232 g/mol. The first-order chi connectivity index (χ1) is 8.61. The summed E-state index contributed by atoms with van der Waals surface area (Å²) in [5.41, 5.74) is 1.95. The Morgan fingerprint density at radius 3 is 3.06 bits per heavy atom. The zero-order valence-corrected chi connectivity index (χ0v) is 10.8. The summed E-state index contributed by atoms with van der Waals surface area (Å²) in [5.74, 6) is 2.12. The molecule has 0 aromatic carbocycles. The van der Waals surface area contributed by atoms with Gasteiger partial charge in [0.25, 0.3) is 5.91 Å². The lowest BCUT2D eigenvalue weighted by atomic mass is 9.88. The van der Waals surface area contributed by atoms with Crippen LogP contribution < -0.4 is 5.48 Å². The van der Waals surface area contributed by atoms with Gasteiger partial charge in [0.05, 0.1) is 6.61 Å². The minimum Gasteiger partial charge on any atom is -0.314 e. The lowest BCUT2D eigenvalue weighted by molar-refractivity contribution is -0.139. The monoisotopic (exact) mass is 250 g/mol. The standard InChI is InChI=1S/C12H18N4O2/c1-8-13-14-10-12(2,5-6-16(8)10)11(17)15-18-7-9-3-4-9/h9H,3-7H2,1-2H3,(H,15,17). The van der Waals surface area contributed by atoms with E-state index >= 15 is 0 Å². The first-order valence-electron chi connectivity index (χ1n) is 6.44. The van der Waals surface area contributed by atoms with E-state index in [2.05, 4.69) is 15.7 Å². The molecule has 0 radical (unpaired) electrons. The number of nitrogens with one attached hydrogen (secondary N) is 1. The first-order valence-corrected chi connectivity index (χ1v) is 6.44. The minimum atomic E-state index is -0.620. The zero-order valence-electron chi connectivity index (χ0n) is 10.8. The van der Waals surface area contributed by atoms with Crippen molar-refractivity contribution in [2.45, 2.75) is 45.1 Å². The molecule has 3 rings (SSSR count). The summed E-state index contributed by atoms with van der Waals surface area (Å²) >= 11 is 0. The van der Waals surface area contributed by atoms with Gasteiger partial charge < -0.3 is 4.57 Å². The number of aryl methyl sites for hydroxylation is 1. The van der Waals surface area contributed by atoms with Gasteiger partial charge in [0.15, 0.2) is 0 Å². The number of amides is 1.